The number of hydrogen-bond acceptors (Lipinski definition) is 5. The Hall–Kier alpha value is -2.97. The van der Waals surface area contributed by atoms with Crippen LogP contribution in [0.4, 0.5) is 14.5 Å². The SMILES string of the molecule is O=C(O)c1cnc(-c2ccc([N+](=O)[O-])cc2)nc1C(F)F. The summed E-state index contributed by atoms with van der Waals surface area (Å²) in [6.45, 7) is 0. The van der Waals surface area contributed by atoms with Gasteiger partial charge in [-0.15, -0.1) is 0 Å². The molecule has 2 aromatic rings. The van der Waals surface area contributed by atoms with E-state index in [1.165, 1.54) is 24.3 Å². The molecule has 1 aromatic carbocycles. The number of nitrogens with zero attached hydrogens (tertiary/aromatic N) is 3. The lowest BCUT2D eigenvalue weighted by Crippen LogP contribution is -2.08. The van der Waals surface area contributed by atoms with E-state index < -0.39 is 28.6 Å². The molecule has 0 aliphatic heterocycles. The molecule has 1 heterocycles. The third-order valence-corrected chi connectivity index (χ3v) is 2.59. The average Bonchev–Trinajstić information content (AvgIpc) is 2.46. The second-order valence-corrected chi connectivity index (χ2v) is 3.90. The number of benzene rings is 1. The Morgan fingerprint density at radius 3 is 2.38 bits per heavy atom. The fourth-order valence-corrected chi connectivity index (χ4v) is 1.60. The first-order valence-electron chi connectivity index (χ1n) is 5.53. The average molecular weight is 295 g/mol. The number of carbonyl (C=O) groups is 1. The van der Waals surface area contributed by atoms with Gasteiger partial charge in [0.1, 0.15) is 11.3 Å². The van der Waals surface area contributed by atoms with Gasteiger partial charge in [-0.05, 0) is 12.1 Å². The predicted octanol–water partition coefficient (Wildman–Crippen LogP) is 2.69. The van der Waals surface area contributed by atoms with Crippen LogP contribution in [0.15, 0.2) is 30.5 Å². The summed E-state index contributed by atoms with van der Waals surface area (Å²) in [6.07, 6.45) is -2.29. The molecule has 0 radical (unpaired) electrons. The van der Waals surface area contributed by atoms with Crippen molar-refractivity contribution in [3.63, 3.8) is 0 Å². The number of carboxylic acids is 1. The molecule has 0 fully saturated rings. The van der Waals surface area contributed by atoms with Gasteiger partial charge in [0, 0.05) is 23.9 Å². The molecule has 0 spiro atoms. The number of nitro benzene ring substituents is 1. The molecule has 21 heavy (non-hydrogen) atoms. The first kappa shape index (κ1) is 14.4. The highest BCUT2D eigenvalue weighted by molar-refractivity contribution is 5.88. The van der Waals surface area contributed by atoms with Gasteiger partial charge in [-0.2, -0.15) is 0 Å². The molecule has 0 atom stereocenters. The quantitative estimate of drug-likeness (QED) is 0.686. The van der Waals surface area contributed by atoms with Crippen molar-refractivity contribution in [3.8, 4) is 11.4 Å². The Morgan fingerprint density at radius 2 is 1.90 bits per heavy atom. The van der Waals surface area contributed by atoms with Crippen LogP contribution < -0.4 is 0 Å². The van der Waals surface area contributed by atoms with Crippen LogP contribution in [0.1, 0.15) is 22.5 Å². The van der Waals surface area contributed by atoms with Gasteiger partial charge >= 0.3 is 5.97 Å². The number of carboxylic acid groups (broad SMARTS) is 1. The van der Waals surface area contributed by atoms with E-state index in [0.717, 1.165) is 6.20 Å². The maximum Gasteiger partial charge on any atom is 0.339 e. The minimum absolute atomic E-state index is 0.134. The molecule has 0 bridgehead atoms. The van der Waals surface area contributed by atoms with Crippen LogP contribution in [-0.2, 0) is 0 Å². The highest BCUT2D eigenvalue weighted by atomic mass is 19.3. The summed E-state index contributed by atoms with van der Waals surface area (Å²) in [5.74, 6) is -1.69. The van der Waals surface area contributed by atoms with Crippen LogP contribution in [0, 0.1) is 10.1 Å². The number of alkyl halides is 2. The van der Waals surface area contributed by atoms with E-state index in [1.807, 2.05) is 0 Å². The molecule has 1 N–H and O–H groups in total. The second kappa shape index (κ2) is 5.57. The number of aromatic carboxylic acids is 1. The third-order valence-electron chi connectivity index (χ3n) is 2.59. The largest absolute Gasteiger partial charge is 0.478 e. The molecular weight excluding hydrogens is 288 g/mol. The van der Waals surface area contributed by atoms with Crippen LogP contribution in [0.2, 0.25) is 0 Å². The number of hydrogen-bond donors (Lipinski definition) is 1. The van der Waals surface area contributed by atoms with Crippen LogP contribution in [-0.4, -0.2) is 26.0 Å². The van der Waals surface area contributed by atoms with Crippen molar-refractivity contribution in [1.29, 1.82) is 0 Å². The Bertz CT molecular complexity index is 704. The molecule has 0 amide bonds. The second-order valence-electron chi connectivity index (χ2n) is 3.90. The number of rotatable bonds is 4. The smallest absolute Gasteiger partial charge is 0.339 e. The van der Waals surface area contributed by atoms with Crippen molar-refractivity contribution in [2.24, 2.45) is 0 Å². The van der Waals surface area contributed by atoms with Gasteiger partial charge in [-0.25, -0.2) is 23.5 Å². The van der Waals surface area contributed by atoms with Crippen LogP contribution in [0.25, 0.3) is 11.4 Å². The fraction of sp³-hybridized carbons (Fsp3) is 0.0833. The summed E-state index contributed by atoms with van der Waals surface area (Å²) in [7, 11) is 0. The number of non-ortho nitro benzene ring substituents is 1. The maximum absolute atomic E-state index is 12.8. The Balaban J connectivity index is 2.47. The summed E-state index contributed by atoms with van der Waals surface area (Å²) >= 11 is 0. The molecule has 0 saturated carbocycles. The van der Waals surface area contributed by atoms with Gasteiger partial charge in [0.15, 0.2) is 5.82 Å². The minimum atomic E-state index is -3.07. The molecule has 9 heteroatoms. The van der Waals surface area contributed by atoms with Crippen molar-refractivity contribution in [2.45, 2.75) is 6.43 Å². The standard InChI is InChI=1S/C12H7F2N3O4/c13-10(14)9-8(12(18)19)5-15-11(16-9)6-1-3-7(4-2-6)17(20)21/h1-5,10H,(H,18,19). The topological polar surface area (TPSA) is 106 Å². The zero-order valence-electron chi connectivity index (χ0n) is 10.2. The third kappa shape index (κ3) is 2.96. The first-order valence-corrected chi connectivity index (χ1v) is 5.53. The van der Waals surface area contributed by atoms with Gasteiger partial charge < -0.3 is 5.11 Å². The maximum atomic E-state index is 12.8. The van der Waals surface area contributed by atoms with Crippen LogP contribution in [0.3, 0.4) is 0 Å². The van der Waals surface area contributed by atoms with Crippen molar-refractivity contribution in [1.82, 2.24) is 9.97 Å². The van der Waals surface area contributed by atoms with Crippen molar-refractivity contribution in [2.75, 3.05) is 0 Å². The lowest BCUT2D eigenvalue weighted by Gasteiger charge is -2.06. The minimum Gasteiger partial charge on any atom is -0.478 e. The molecule has 0 aliphatic carbocycles. The van der Waals surface area contributed by atoms with E-state index in [1.54, 1.807) is 0 Å². The van der Waals surface area contributed by atoms with E-state index in [4.69, 9.17) is 5.11 Å². The van der Waals surface area contributed by atoms with Crippen LogP contribution >= 0.6 is 0 Å². The zero-order valence-corrected chi connectivity index (χ0v) is 10.2. The highest BCUT2D eigenvalue weighted by Crippen LogP contribution is 2.25. The van der Waals surface area contributed by atoms with E-state index in [2.05, 4.69) is 9.97 Å². The highest BCUT2D eigenvalue weighted by Gasteiger charge is 2.21. The monoisotopic (exact) mass is 295 g/mol. The Labute approximate surface area is 116 Å². The molecule has 0 unspecified atom stereocenters. The summed E-state index contributed by atoms with van der Waals surface area (Å²) in [6, 6.07) is 4.93. The number of aromatic nitrogens is 2. The van der Waals surface area contributed by atoms with Gasteiger partial charge in [0.2, 0.25) is 0 Å². The van der Waals surface area contributed by atoms with Gasteiger partial charge in [-0.3, -0.25) is 10.1 Å². The van der Waals surface area contributed by atoms with E-state index in [0.29, 0.717) is 0 Å². The Kier molecular flexibility index (Phi) is 3.83. The first-order chi connectivity index (χ1) is 9.90. The molecule has 2 rings (SSSR count). The van der Waals surface area contributed by atoms with Crippen molar-refractivity contribution in [3.05, 3.63) is 51.8 Å². The summed E-state index contributed by atoms with van der Waals surface area (Å²) in [4.78, 5) is 27.9. The van der Waals surface area contributed by atoms with Gasteiger partial charge in [-0.1, -0.05) is 0 Å². The van der Waals surface area contributed by atoms with Gasteiger partial charge in [0.05, 0.1) is 4.92 Å². The molecule has 7 nitrogen and oxygen atoms in total. The summed E-state index contributed by atoms with van der Waals surface area (Å²) < 4.78 is 25.6. The molecule has 108 valence electrons. The lowest BCUT2D eigenvalue weighted by atomic mass is 10.1. The number of halogens is 2. The van der Waals surface area contributed by atoms with E-state index in [9.17, 15) is 23.7 Å². The summed E-state index contributed by atoms with van der Waals surface area (Å²) in [5.41, 5.74) is -1.49. The number of nitro groups is 1. The lowest BCUT2D eigenvalue weighted by molar-refractivity contribution is -0.384. The van der Waals surface area contributed by atoms with Crippen LogP contribution in [0.5, 0.6) is 0 Å². The van der Waals surface area contributed by atoms with Gasteiger partial charge in [0.25, 0.3) is 12.1 Å². The zero-order chi connectivity index (χ0) is 15.6. The fourth-order valence-electron chi connectivity index (χ4n) is 1.60. The molecule has 1 aromatic heterocycles. The predicted molar refractivity (Wildman–Crippen MR) is 66.0 cm³/mol. The molecule has 0 aliphatic rings. The van der Waals surface area contributed by atoms with Crippen molar-refractivity contribution < 1.29 is 23.6 Å². The summed E-state index contributed by atoms with van der Waals surface area (Å²) in [5, 5.41) is 19.3. The van der Waals surface area contributed by atoms with E-state index >= 15 is 0 Å². The Morgan fingerprint density at radius 1 is 1.29 bits per heavy atom. The molecule has 0 saturated heterocycles. The van der Waals surface area contributed by atoms with Crippen molar-refractivity contribution >= 4 is 11.7 Å². The van der Waals surface area contributed by atoms with E-state index in [-0.39, 0.29) is 17.1 Å². The normalized spacial score (nSPS) is 10.6. The molecular formula is C12H7F2N3O4.